The third-order valence-electron chi connectivity index (χ3n) is 3.36. The van der Waals surface area contributed by atoms with Crippen LogP contribution in [0.3, 0.4) is 0 Å². The molecule has 0 aromatic heterocycles. The molecule has 0 fully saturated rings. The van der Waals surface area contributed by atoms with Crippen LogP contribution in [0.1, 0.15) is 0 Å². The van der Waals surface area contributed by atoms with Gasteiger partial charge in [-0.2, -0.15) is 0 Å². The lowest BCUT2D eigenvalue weighted by atomic mass is 10.2. The smallest absolute Gasteiger partial charge is 0.151 e. The number of nitrogen functional groups attached to an aromatic ring is 2. The second-order valence-corrected chi connectivity index (χ2v) is 6.92. The molecular weight excluding hydrogens is 418 g/mol. The molecule has 0 saturated heterocycles. The zero-order chi connectivity index (χ0) is 18.8. The third-order valence-corrected chi connectivity index (χ3v) is 4.64. The first-order valence-corrected chi connectivity index (χ1v) is 8.79. The van der Waals surface area contributed by atoms with E-state index in [0.717, 1.165) is 0 Å². The molecule has 0 bridgehead atoms. The molecule has 3 aromatic rings. The number of ether oxygens (including phenoxy) is 2. The monoisotopic (exact) mass is 428 g/mol. The van der Waals surface area contributed by atoms with Crippen molar-refractivity contribution in [2.24, 2.45) is 0 Å². The number of anilines is 2. The van der Waals surface area contributed by atoms with E-state index in [-0.39, 0.29) is 5.02 Å². The van der Waals surface area contributed by atoms with Gasteiger partial charge in [0.05, 0.1) is 21.4 Å². The molecule has 134 valence electrons. The maximum absolute atomic E-state index is 6.40. The number of hydrogen-bond acceptors (Lipinski definition) is 4. The van der Waals surface area contributed by atoms with Gasteiger partial charge in [-0.1, -0.05) is 46.4 Å². The van der Waals surface area contributed by atoms with Crippen molar-refractivity contribution in [3.05, 3.63) is 68.6 Å². The Morgan fingerprint density at radius 3 is 1.42 bits per heavy atom. The Morgan fingerprint density at radius 1 is 0.615 bits per heavy atom. The molecule has 0 amide bonds. The minimum atomic E-state index is 0.233. The maximum Gasteiger partial charge on any atom is 0.151 e. The molecule has 0 radical (unpaired) electrons. The highest BCUT2D eigenvalue weighted by molar-refractivity contribution is 6.35. The van der Waals surface area contributed by atoms with Gasteiger partial charge in [-0.05, 0) is 24.3 Å². The molecule has 0 aliphatic heterocycles. The van der Waals surface area contributed by atoms with E-state index in [1.165, 1.54) is 0 Å². The van der Waals surface area contributed by atoms with Gasteiger partial charge in [0.15, 0.2) is 11.5 Å². The van der Waals surface area contributed by atoms with Gasteiger partial charge < -0.3 is 20.9 Å². The predicted octanol–water partition coefficient (Wildman–Crippen LogP) is 7.05. The SMILES string of the molecule is Nc1cc(Oc2cc(Cl)cc(Oc3ccc(Cl)c(N)c3)c2Cl)ccc1Cl. The summed E-state index contributed by atoms with van der Waals surface area (Å²) in [6.45, 7) is 0. The molecule has 4 N–H and O–H groups in total. The summed E-state index contributed by atoms with van der Waals surface area (Å²) >= 11 is 24.4. The molecule has 0 atom stereocenters. The normalized spacial score (nSPS) is 10.6. The van der Waals surface area contributed by atoms with Crippen molar-refractivity contribution >= 4 is 57.8 Å². The summed E-state index contributed by atoms with van der Waals surface area (Å²) in [5.41, 5.74) is 12.3. The highest BCUT2D eigenvalue weighted by Crippen LogP contribution is 2.42. The molecule has 0 heterocycles. The van der Waals surface area contributed by atoms with Crippen LogP contribution in [-0.2, 0) is 0 Å². The lowest BCUT2D eigenvalue weighted by Crippen LogP contribution is -1.93. The third kappa shape index (κ3) is 4.22. The maximum atomic E-state index is 6.40. The molecule has 26 heavy (non-hydrogen) atoms. The Hall–Kier alpha value is -1.98. The van der Waals surface area contributed by atoms with Crippen molar-refractivity contribution in [1.29, 1.82) is 0 Å². The minimum Gasteiger partial charge on any atom is -0.456 e. The first kappa shape index (κ1) is 18.8. The zero-order valence-corrected chi connectivity index (χ0v) is 16.1. The highest BCUT2D eigenvalue weighted by atomic mass is 35.5. The summed E-state index contributed by atoms with van der Waals surface area (Å²) in [5.74, 6) is 1.52. The van der Waals surface area contributed by atoms with Crippen LogP contribution < -0.4 is 20.9 Å². The van der Waals surface area contributed by atoms with E-state index in [2.05, 4.69) is 0 Å². The molecule has 4 nitrogen and oxygen atoms in total. The van der Waals surface area contributed by atoms with Gasteiger partial charge in [-0.15, -0.1) is 0 Å². The number of rotatable bonds is 4. The summed E-state index contributed by atoms with van der Waals surface area (Å²) in [7, 11) is 0. The standard InChI is InChI=1S/C18H12Cl4N2O2/c19-9-5-16(25-10-1-3-12(20)14(23)7-10)18(22)17(6-9)26-11-2-4-13(21)15(24)8-11/h1-8H,23-24H2. The quantitative estimate of drug-likeness (QED) is 0.436. The Bertz CT molecular complexity index is 905. The Kier molecular flexibility index (Phi) is 5.58. The van der Waals surface area contributed by atoms with Gasteiger partial charge in [-0.3, -0.25) is 0 Å². The number of nitrogens with two attached hydrogens (primary N) is 2. The Labute approximate surface area is 170 Å². The largest absolute Gasteiger partial charge is 0.456 e. The molecule has 8 heteroatoms. The van der Waals surface area contributed by atoms with E-state index in [1.54, 1.807) is 48.5 Å². The average molecular weight is 430 g/mol. The molecule has 0 aliphatic rings. The summed E-state index contributed by atoms with van der Waals surface area (Å²) in [5, 5.41) is 1.47. The van der Waals surface area contributed by atoms with E-state index < -0.39 is 0 Å². The van der Waals surface area contributed by atoms with Crippen LogP contribution in [-0.4, -0.2) is 0 Å². The van der Waals surface area contributed by atoms with E-state index in [9.17, 15) is 0 Å². The Morgan fingerprint density at radius 2 is 1.04 bits per heavy atom. The fourth-order valence-electron chi connectivity index (χ4n) is 2.11. The molecular formula is C18H12Cl4N2O2. The molecule has 0 aliphatic carbocycles. The van der Waals surface area contributed by atoms with Crippen LogP contribution in [0.4, 0.5) is 11.4 Å². The fourth-order valence-corrected chi connectivity index (χ4v) is 2.73. The average Bonchev–Trinajstić information content (AvgIpc) is 2.58. The number of benzene rings is 3. The van der Waals surface area contributed by atoms with Crippen molar-refractivity contribution in [2.75, 3.05) is 11.5 Å². The predicted molar refractivity (Wildman–Crippen MR) is 108 cm³/mol. The van der Waals surface area contributed by atoms with Crippen LogP contribution in [0, 0.1) is 0 Å². The molecule has 0 spiro atoms. The lowest BCUT2D eigenvalue weighted by Gasteiger charge is -2.14. The van der Waals surface area contributed by atoms with Crippen molar-refractivity contribution in [3.63, 3.8) is 0 Å². The van der Waals surface area contributed by atoms with Gasteiger partial charge in [0.25, 0.3) is 0 Å². The first-order valence-electron chi connectivity index (χ1n) is 7.28. The first-order chi connectivity index (χ1) is 12.3. The van der Waals surface area contributed by atoms with E-state index in [0.29, 0.717) is 49.4 Å². The van der Waals surface area contributed by atoms with Crippen molar-refractivity contribution < 1.29 is 9.47 Å². The van der Waals surface area contributed by atoms with E-state index >= 15 is 0 Å². The van der Waals surface area contributed by atoms with E-state index in [4.69, 9.17) is 67.3 Å². The van der Waals surface area contributed by atoms with Crippen LogP contribution in [0.25, 0.3) is 0 Å². The van der Waals surface area contributed by atoms with Gasteiger partial charge in [0.2, 0.25) is 0 Å². The van der Waals surface area contributed by atoms with Crippen molar-refractivity contribution in [3.8, 4) is 23.0 Å². The van der Waals surface area contributed by atoms with Crippen LogP contribution in [0.15, 0.2) is 48.5 Å². The molecule has 3 aromatic carbocycles. The van der Waals surface area contributed by atoms with Crippen LogP contribution in [0.5, 0.6) is 23.0 Å². The fraction of sp³-hybridized carbons (Fsp3) is 0. The number of hydrogen-bond donors (Lipinski definition) is 2. The second kappa shape index (κ2) is 7.72. The summed E-state index contributed by atoms with van der Waals surface area (Å²) in [6.07, 6.45) is 0. The summed E-state index contributed by atoms with van der Waals surface area (Å²) < 4.78 is 11.5. The second-order valence-electron chi connectivity index (χ2n) is 5.29. The molecule has 0 saturated carbocycles. The van der Waals surface area contributed by atoms with Crippen LogP contribution in [0.2, 0.25) is 20.1 Å². The van der Waals surface area contributed by atoms with Crippen LogP contribution >= 0.6 is 46.4 Å². The van der Waals surface area contributed by atoms with E-state index in [1.807, 2.05) is 0 Å². The molecule has 0 unspecified atom stereocenters. The highest BCUT2D eigenvalue weighted by Gasteiger charge is 2.14. The number of halogens is 4. The summed E-state index contributed by atoms with van der Waals surface area (Å²) in [6, 6.07) is 12.9. The minimum absolute atomic E-state index is 0.233. The molecule has 3 rings (SSSR count). The lowest BCUT2D eigenvalue weighted by molar-refractivity contribution is 0.461. The Balaban J connectivity index is 1.92. The van der Waals surface area contributed by atoms with Crippen molar-refractivity contribution in [1.82, 2.24) is 0 Å². The zero-order valence-electron chi connectivity index (χ0n) is 13.1. The van der Waals surface area contributed by atoms with Gasteiger partial charge >= 0.3 is 0 Å². The van der Waals surface area contributed by atoms with Gasteiger partial charge in [0, 0.05) is 29.3 Å². The van der Waals surface area contributed by atoms with Gasteiger partial charge in [0.1, 0.15) is 16.5 Å². The van der Waals surface area contributed by atoms with Crippen molar-refractivity contribution in [2.45, 2.75) is 0 Å². The van der Waals surface area contributed by atoms with Gasteiger partial charge in [-0.25, -0.2) is 0 Å². The topological polar surface area (TPSA) is 70.5 Å². The summed E-state index contributed by atoms with van der Waals surface area (Å²) in [4.78, 5) is 0.